The molecule has 0 spiro atoms. The molecule has 1 atom stereocenters. The SMILES string of the molecule is C[C@@H]1Cc2cc(Cn3ccnc3-c3cc4n(n3)CCCNC4)ccc2O1. The number of nitrogens with zero attached hydrogens (tertiary/aromatic N) is 4. The largest absolute Gasteiger partial charge is 0.490 e. The number of rotatable bonds is 3. The highest BCUT2D eigenvalue weighted by Gasteiger charge is 2.20. The molecule has 0 saturated heterocycles. The molecule has 134 valence electrons. The fourth-order valence-electron chi connectivity index (χ4n) is 3.91. The Hall–Kier alpha value is -2.60. The summed E-state index contributed by atoms with van der Waals surface area (Å²) in [5, 5.41) is 8.24. The smallest absolute Gasteiger partial charge is 0.160 e. The Morgan fingerprint density at radius 2 is 2.27 bits per heavy atom. The van der Waals surface area contributed by atoms with Crippen LogP contribution < -0.4 is 10.1 Å². The van der Waals surface area contributed by atoms with Gasteiger partial charge in [0, 0.05) is 38.4 Å². The predicted molar refractivity (Wildman–Crippen MR) is 99.1 cm³/mol. The van der Waals surface area contributed by atoms with Gasteiger partial charge in [-0.1, -0.05) is 12.1 Å². The van der Waals surface area contributed by atoms with Crippen molar-refractivity contribution in [2.45, 2.75) is 45.5 Å². The van der Waals surface area contributed by atoms with Crippen molar-refractivity contribution < 1.29 is 4.74 Å². The summed E-state index contributed by atoms with van der Waals surface area (Å²) in [4.78, 5) is 4.58. The molecule has 4 heterocycles. The number of fused-ring (bicyclic) bond motifs is 2. The van der Waals surface area contributed by atoms with E-state index in [0.29, 0.717) is 0 Å². The fourth-order valence-corrected chi connectivity index (χ4v) is 3.91. The van der Waals surface area contributed by atoms with E-state index in [-0.39, 0.29) is 6.10 Å². The molecule has 5 rings (SSSR count). The minimum absolute atomic E-state index is 0.276. The number of aryl methyl sites for hydroxylation is 1. The highest BCUT2D eigenvalue weighted by atomic mass is 16.5. The van der Waals surface area contributed by atoms with Gasteiger partial charge in [0.1, 0.15) is 17.5 Å². The minimum atomic E-state index is 0.276. The van der Waals surface area contributed by atoms with Crippen LogP contribution in [0.4, 0.5) is 0 Å². The number of hydrogen-bond acceptors (Lipinski definition) is 4. The van der Waals surface area contributed by atoms with Crippen molar-refractivity contribution in [3.8, 4) is 17.3 Å². The Labute approximate surface area is 152 Å². The number of benzene rings is 1. The molecule has 0 bridgehead atoms. The predicted octanol–water partition coefficient (Wildman–Crippen LogP) is 2.61. The van der Waals surface area contributed by atoms with Crippen molar-refractivity contribution in [2.24, 2.45) is 0 Å². The lowest BCUT2D eigenvalue weighted by atomic mass is 10.1. The van der Waals surface area contributed by atoms with Crippen LogP contribution in [0.5, 0.6) is 5.75 Å². The van der Waals surface area contributed by atoms with E-state index in [9.17, 15) is 0 Å². The molecule has 3 aromatic rings. The van der Waals surface area contributed by atoms with Crippen molar-refractivity contribution in [1.82, 2.24) is 24.6 Å². The maximum absolute atomic E-state index is 5.81. The lowest BCUT2D eigenvalue weighted by molar-refractivity contribution is 0.254. The molecule has 1 N–H and O–H groups in total. The summed E-state index contributed by atoms with van der Waals surface area (Å²) in [5.74, 6) is 1.95. The molecule has 6 nitrogen and oxygen atoms in total. The average molecular weight is 349 g/mol. The Morgan fingerprint density at radius 1 is 1.31 bits per heavy atom. The molecule has 0 radical (unpaired) electrons. The molecule has 0 unspecified atom stereocenters. The Balaban J connectivity index is 1.43. The fraction of sp³-hybridized carbons (Fsp3) is 0.400. The van der Waals surface area contributed by atoms with Gasteiger partial charge < -0.3 is 14.6 Å². The number of hydrogen-bond donors (Lipinski definition) is 1. The van der Waals surface area contributed by atoms with Gasteiger partial charge in [-0.15, -0.1) is 0 Å². The molecular formula is C20H23N5O. The zero-order chi connectivity index (χ0) is 17.5. The highest BCUT2D eigenvalue weighted by Crippen LogP contribution is 2.30. The van der Waals surface area contributed by atoms with Gasteiger partial charge in [0.15, 0.2) is 5.82 Å². The maximum Gasteiger partial charge on any atom is 0.160 e. The highest BCUT2D eigenvalue weighted by molar-refractivity contribution is 5.51. The van der Waals surface area contributed by atoms with E-state index < -0.39 is 0 Å². The van der Waals surface area contributed by atoms with E-state index >= 15 is 0 Å². The van der Waals surface area contributed by atoms with Gasteiger partial charge in [0.2, 0.25) is 0 Å². The minimum Gasteiger partial charge on any atom is -0.490 e. The number of nitrogens with one attached hydrogen (secondary N) is 1. The Kier molecular flexibility index (Phi) is 3.78. The Bertz CT molecular complexity index is 918. The van der Waals surface area contributed by atoms with Gasteiger partial charge in [-0.05, 0) is 43.1 Å². The number of ether oxygens (including phenoxy) is 1. The first kappa shape index (κ1) is 15.6. The van der Waals surface area contributed by atoms with Crippen LogP contribution >= 0.6 is 0 Å². The van der Waals surface area contributed by atoms with Gasteiger partial charge in [-0.25, -0.2) is 4.98 Å². The maximum atomic E-state index is 5.81. The first-order valence-corrected chi connectivity index (χ1v) is 9.34. The molecule has 0 aliphatic carbocycles. The summed E-state index contributed by atoms with van der Waals surface area (Å²) in [7, 11) is 0. The zero-order valence-corrected chi connectivity index (χ0v) is 15.0. The normalized spacial score (nSPS) is 18.9. The summed E-state index contributed by atoms with van der Waals surface area (Å²) in [6, 6.07) is 8.66. The number of aromatic nitrogens is 4. The second kappa shape index (κ2) is 6.29. The molecule has 26 heavy (non-hydrogen) atoms. The lowest BCUT2D eigenvalue weighted by Gasteiger charge is -2.08. The third-order valence-electron chi connectivity index (χ3n) is 5.15. The summed E-state index contributed by atoms with van der Waals surface area (Å²) in [6.07, 6.45) is 6.26. The van der Waals surface area contributed by atoms with Crippen molar-refractivity contribution in [3.05, 3.63) is 53.5 Å². The summed E-state index contributed by atoms with van der Waals surface area (Å²) >= 11 is 0. The monoisotopic (exact) mass is 349 g/mol. The molecule has 2 aliphatic rings. The van der Waals surface area contributed by atoms with Gasteiger partial charge in [-0.3, -0.25) is 4.68 Å². The van der Waals surface area contributed by atoms with Gasteiger partial charge in [0.05, 0.1) is 5.69 Å². The molecule has 6 heteroatoms. The van der Waals surface area contributed by atoms with Crippen LogP contribution in [-0.2, 0) is 26.1 Å². The molecule has 2 aliphatic heterocycles. The molecular weight excluding hydrogens is 326 g/mol. The van der Waals surface area contributed by atoms with Crippen LogP contribution in [0.3, 0.4) is 0 Å². The third kappa shape index (κ3) is 2.80. The number of imidazole rings is 1. The first-order valence-electron chi connectivity index (χ1n) is 9.34. The van der Waals surface area contributed by atoms with Crippen LogP contribution in [0.25, 0.3) is 11.5 Å². The van der Waals surface area contributed by atoms with Gasteiger partial charge >= 0.3 is 0 Å². The van der Waals surface area contributed by atoms with Crippen LogP contribution in [0.1, 0.15) is 30.2 Å². The van der Waals surface area contributed by atoms with Crippen molar-refractivity contribution in [2.75, 3.05) is 6.54 Å². The van der Waals surface area contributed by atoms with Crippen LogP contribution in [0, 0.1) is 0 Å². The van der Waals surface area contributed by atoms with Gasteiger partial charge in [0.25, 0.3) is 0 Å². The van der Waals surface area contributed by atoms with E-state index in [2.05, 4.69) is 50.7 Å². The van der Waals surface area contributed by atoms with E-state index in [4.69, 9.17) is 9.84 Å². The second-order valence-electron chi connectivity index (χ2n) is 7.23. The standard InChI is InChI=1S/C20H23N5O/c1-14-9-16-10-15(3-4-19(16)26-14)13-24-8-6-22-20(24)18-11-17-12-21-5-2-7-25(17)23-18/h3-4,6,8,10-11,14,21H,2,5,7,9,12-13H2,1H3/t14-/m1/s1. The first-order chi connectivity index (χ1) is 12.8. The molecule has 0 saturated carbocycles. The molecule has 1 aromatic carbocycles. The second-order valence-corrected chi connectivity index (χ2v) is 7.23. The van der Waals surface area contributed by atoms with E-state index in [1.807, 2.05) is 12.4 Å². The third-order valence-corrected chi connectivity index (χ3v) is 5.15. The van der Waals surface area contributed by atoms with Crippen LogP contribution in [-0.4, -0.2) is 32.0 Å². The topological polar surface area (TPSA) is 56.9 Å². The molecule has 0 amide bonds. The van der Waals surface area contributed by atoms with E-state index in [1.165, 1.54) is 16.8 Å². The van der Waals surface area contributed by atoms with Crippen molar-refractivity contribution in [3.63, 3.8) is 0 Å². The summed E-state index contributed by atoms with van der Waals surface area (Å²) in [5.41, 5.74) is 4.75. The van der Waals surface area contributed by atoms with Crippen LogP contribution in [0.15, 0.2) is 36.7 Å². The average Bonchev–Trinajstić information content (AvgIpc) is 3.29. The van der Waals surface area contributed by atoms with Crippen molar-refractivity contribution in [1.29, 1.82) is 0 Å². The summed E-state index contributed by atoms with van der Waals surface area (Å²) in [6.45, 7) is 5.79. The van der Waals surface area contributed by atoms with E-state index in [0.717, 1.165) is 56.3 Å². The zero-order valence-electron chi connectivity index (χ0n) is 15.0. The molecule has 0 fully saturated rings. The van der Waals surface area contributed by atoms with Crippen molar-refractivity contribution >= 4 is 0 Å². The van der Waals surface area contributed by atoms with E-state index in [1.54, 1.807) is 0 Å². The summed E-state index contributed by atoms with van der Waals surface area (Å²) < 4.78 is 10.1. The Morgan fingerprint density at radius 3 is 3.23 bits per heavy atom. The van der Waals surface area contributed by atoms with Crippen LogP contribution in [0.2, 0.25) is 0 Å². The quantitative estimate of drug-likeness (QED) is 0.790. The molecule has 2 aromatic heterocycles. The van der Waals surface area contributed by atoms with Gasteiger partial charge in [-0.2, -0.15) is 5.10 Å². The lowest BCUT2D eigenvalue weighted by Crippen LogP contribution is -2.11.